The van der Waals surface area contributed by atoms with E-state index in [1.807, 2.05) is 0 Å². The molecule has 2 rings (SSSR count). The van der Waals surface area contributed by atoms with E-state index in [-0.39, 0.29) is 17.9 Å². The fourth-order valence-electron chi connectivity index (χ4n) is 2.78. The molecule has 1 unspecified atom stereocenters. The zero-order valence-corrected chi connectivity index (χ0v) is 11.9. The molecule has 0 saturated carbocycles. The van der Waals surface area contributed by atoms with Crippen molar-refractivity contribution in [2.45, 2.75) is 19.9 Å². The van der Waals surface area contributed by atoms with Gasteiger partial charge in [0, 0.05) is 39.3 Å². The number of likely N-dealkylation sites (N-methyl/N-ethyl adjacent to an activating group) is 1. The van der Waals surface area contributed by atoms with E-state index in [1.54, 1.807) is 9.80 Å². The second-order valence-corrected chi connectivity index (χ2v) is 5.13. The lowest BCUT2D eigenvalue weighted by Gasteiger charge is -2.43. The Balaban J connectivity index is 1.94. The smallest absolute Gasteiger partial charge is 0.312 e. The van der Waals surface area contributed by atoms with Crippen molar-refractivity contribution in [3.05, 3.63) is 0 Å². The summed E-state index contributed by atoms with van der Waals surface area (Å²) in [6, 6.07) is 0.149. The molecule has 2 fully saturated rings. The predicted octanol–water partition coefficient (Wildman–Crippen LogP) is -1.03. The summed E-state index contributed by atoms with van der Waals surface area (Å²) in [6.07, 6.45) is 0. The van der Waals surface area contributed by atoms with Crippen molar-refractivity contribution >= 4 is 11.8 Å². The molecule has 2 heterocycles. The number of piperazine rings is 2. The first-order valence-electron chi connectivity index (χ1n) is 7.20. The van der Waals surface area contributed by atoms with Crippen molar-refractivity contribution in [1.29, 1.82) is 0 Å². The van der Waals surface area contributed by atoms with E-state index in [1.165, 1.54) is 0 Å². The molecule has 0 aromatic rings. The number of nitrogens with one attached hydrogen (secondary N) is 1. The van der Waals surface area contributed by atoms with Gasteiger partial charge in [0.2, 0.25) is 0 Å². The Morgan fingerprint density at radius 2 is 2.00 bits per heavy atom. The van der Waals surface area contributed by atoms with Crippen LogP contribution < -0.4 is 5.32 Å². The Kier molecular flexibility index (Phi) is 4.76. The molecule has 108 valence electrons. The first-order chi connectivity index (χ1) is 9.17. The van der Waals surface area contributed by atoms with Gasteiger partial charge in [0.05, 0.1) is 6.04 Å². The molecule has 1 atom stereocenters. The first kappa shape index (κ1) is 14.3. The van der Waals surface area contributed by atoms with Crippen LogP contribution in [0.1, 0.15) is 13.8 Å². The van der Waals surface area contributed by atoms with Crippen LogP contribution in [0.2, 0.25) is 0 Å². The highest BCUT2D eigenvalue weighted by molar-refractivity contribution is 6.35. The second-order valence-electron chi connectivity index (χ2n) is 5.13. The van der Waals surface area contributed by atoms with E-state index >= 15 is 0 Å². The van der Waals surface area contributed by atoms with Crippen LogP contribution in [-0.4, -0.2) is 84.9 Å². The molecule has 2 aliphatic rings. The van der Waals surface area contributed by atoms with E-state index in [4.69, 9.17) is 0 Å². The van der Waals surface area contributed by atoms with Gasteiger partial charge in [-0.05, 0) is 13.1 Å². The van der Waals surface area contributed by atoms with Crippen LogP contribution >= 0.6 is 0 Å². The minimum absolute atomic E-state index is 0.149. The van der Waals surface area contributed by atoms with Crippen molar-refractivity contribution in [3.63, 3.8) is 0 Å². The molecule has 6 nitrogen and oxygen atoms in total. The van der Waals surface area contributed by atoms with E-state index in [0.29, 0.717) is 19.6 Å². The Morgan fingerprint density at radius 3 is 2.68 bits per heavy atom. The highest BCUT2D eigenvalue weighted by Crippen LogP contribution is 2.13. The summed E-state index contributed by atoms with van der Waals surface area (Å²) in [5.74, 6) is -0.650. The van der Waals surface area contributed by atoms with E-state index < -0.39 is 0 Å². The van der Waals surface area contributed by atoms with Gasteiger partial charge in [-0.3, -0.25) is 9.59 Å². The van der Waals surface area contributed by atoms with Gasteiger partial charge in [-0.15, -0.1) is 0 Å². The average molecular weight is 268 g/mol. The third-order valence-electron chi connectivity index (χ3n) is 4.09. The van der Waals surface area contributed by atoms with Crippen molar-refractivity contribution in [1.82, 2.24) is 20.0 Å². The van der Waals surface area contributed by atoms with E-state index in [9.17, 15) is 9.59 Å². The molecule has 0 aromatic heterocycles. The zero-order chi connectivity index (χ0) is 13.8. The molecule has 6 heteroatoms. The maximum absolute atomic E-state index is 12.1. The lowest BCUT2D eigenvalue weighted by molar-refractivity contribution is -0.159. The lowest BCUT2D eigenvalue weighted by Crippen LogP contribution is -2.66. The van der Waals surface area contributed by atoms with E-state index in [0.717, 1.165) is 32.7 Å². The van der Waals surface area contributed by atoms with Crippen LogP contribution in [-0.2, 0) is 9.59 Å². The average Bonchev–Trinajstić information content (AvgIpc) is 2.45. The van der Waals surface area contributed by atoms with Gasteiger partial charge in [-0.1, -0.05) is 13.8 Å². The number of hydrogen-bond acceptors (Lipinski definition) is 4. The van der Waals surface area contributed by atoms with Crippen LogP contribution in [0.15, 0.2) is 0 Å². The summed E-state index contributed by atoms with van der Waals surface area (Å²) in [6.45, 7) is 10.6. The number of carbonyl (C=O) groups excluding carboxylic acids is 2. The monoisotopic (exact) mass is 268 g/mol. The standard InChI is InChI=1S/C13H24N4O2/c1-3-15(4-2)7-8-16-10-11-9-14-5-6-17(11)13(19)12(16)18/h11,14H,3-10H2,1-2H3. The summed E-state index contributed by atoms with van der Waals surface area (Å²) in [7, 11) is 0. The molecular weight excluding hydrogens is 244 g/mol. The molecule has 0 aromatic carbocycles. The quantitative estimate of drug-likeness (QED) is 0.648. The van der Waals surface area contributed by atoms with Crippen molar-refractivity contribution in [3.8, 4) is 0 Å². The van der Waals surface area contributed by atoms with Crippen molar-refractivity contribution < 1.29 is 9.59 Å². The summed E-state index contributed by atoms with van der Waals surface area (Å²) < 4.78 is 0. The number of carbonyl (C=O) groups is 2. The van der Waals surface area contributed by atoms with Gasteiger partial charge in [-0.25, -0.2) is 0 Å². The largest absolute Gasteiger partial charge is 0.331 e. The van der Waals surface area contributed by atoms with Crippen LogP contribution in [0, 0.1) is 0 Å². The SMILES string of the molecule is CCN(CC)CCN1CC2CNCCN2C(=O)C1=O. The predicted molar refractivity (Wildman–Crippen MR) is 72.7 cm³/mol. The van der Waals surface area contributed by atoms with Crippen LogP contribution in [0.4, 0.5) is 0 Å². The summed E-state index contributed by atoms with van der Waals surface area (Å²) in [4.78, 5) is 29.8. The normalized spacial score (nSPS) is 24.1. The van der Waals surface area contributed by atoms with Gasteiger partial charge in [0.15, 0.2) is 0 Å². The minimum Gasteiger partial charge on any atom is -0.331 e. The molecular formula is C13H24N4O2. The first-order valence-corrected chi connectivity index (χ1v) is 7.20. The van der Waals surface area contributed by atoms with Crippen molar-refractivity contribution in [2.75, 3.05) is 52.4 Å². The zero-order valence-electron chi connectivity index (χ0n) is 11.9. The maximum Gasteiger partial charge on any atom is 0.312 e. The molecule has 2 aliphatic heterocycles. The van der Waals surface area contributed by atoms with Gasteiger partial charge in [-0.2, -0.15) is 0 Å². The molecule has 2 amide bonds. The second kappa shape index (κ2) is 6.34. The molecule has 1 N–H and O–H groups in total. The van der Waals surface area contributed by atoms with Crippen LogP contribution in [0.3, 0.4) is 0 Å². The summed E-state index contributed by atoms with van der Waals surface area (Å²) in [5, 5.41) is 3.28. The number of amides is 2. The highest BCUT2D eigenvalue weighted by atomic mass is 16.2. The maximum atomic E-state index is 12.1. The minimum atomic E-state index is -0.328. The Labute approximate surface area is 114 Å². The number of hydrogen-bond donors (Lipinski definition) is 1. The number of nitrogens with zero attached hydrogens (tertiary/aromatic N) is 3. The molecule has 2 saturated heterocycles. The molecule has 19 heavy (non-hydrogen) atoms. The summed E-state index contributed by atoms with van der Waals surface area (Å²) in [5.41, 5.74) is 0. The fourth-order valence-corrected chi connectivity index (χ4v) is 2.78. The van der Waals surface area contributed by atoms with Crippen molar-refractivity contribution in [2.24, 2.45) is 0 Å². The molecule has 0 aliphatic carbocycles. The topological polar surface area (TPSA) is 55.9 Å². The van der Waals surface area contributed by atoms with E-state index in [2.05, 4.69) is 24.1 Å². The fraction of sp³-hybridized carbons (Fsp3) is 0.846. The summed E-state index contributed by atoms with van der Waals surface area (Å²) >= 11 is 0. The molecule has 0 radical (unpaired) electrons. The number of fused-ring (bicyclic) bond motifs is 1. The third-order valence-corrected chi connectivity index (χ3v) is 4.09. The molecule has 0 bridgehead atoms. The Bertz CT molecular complexity index is 344. The Morgan fingerprint density at radius 1 is 1.26 bits per heavy atom. The van der Waals surface area contributed by atoms with Gasteiger partial charge < -0.3 is 20.0 Å². The lowest BCUT2D eigenvalue weighted by atomic mass is 10.1. The van der Waals surface area contributed by atoms with Crippen LogP contribution in [0.25, 0.3) is 0 Å². The number of rotatable bonds is 5. The van der Waals surface area contributed by atoms with Gasteiger partial charge >= 0.3 is 11.8 Å². The van der Waals surface area contributed by atoms with Gasteiger partial charge in [0.1, 0.15) is 0 Å². The molecule has 0 spiro atoms. The Hall–Kier alpha value is -1.14. The third kappa shape index (κ3) is 3.06. The highest BCUT2D eigenvalue weighted by Gasteiger charge is 2.39. The van der Waals surface area contributed by atoms with Gasteiger partial charge in [0.25, 0.3) is 0 Å². The van der Waals surface area contributed by atoms with Crippen LogP contribution in [0.5, 0.6) is 0 Å².